The summed E-state index contributed by atoms with van der Waals surface area (Å²) in [6.07, 6.45) is 1.11. The maximum atomic E-state index is 12.7. The molecule has 0 aliphatic rings. The summed E-state index contributed by atoms with van der Waals surface area (Å²) in [5.74, 6) is -1.34. The minimum atomic E-state index is -1.26. The van der Waals surface area contributed by atoms with Crippen molar-refractivity contribution >= 4 is 11.9 Å². The van der Waals surface area contributed by atoms with E-state index >= 15 is 0 Å². The van der Waals surface area contributed by atoms with Crippen LogP contribution in [0, 0.1) is 0 Å². The lowest BCUT2D eigenvalue weighted by Crippen LogP contribution is -2.46. The van der Waals surface area contributed by atoms with Crippen molar-refractivity contribution in [1.82, 2.24) is 15.1 Å². The van der Waals surface area contributed by atoms with Gasteiger partial charge < -0.3 is 24.3 Å². The molecule has 0 saturated heterocycles. The van der Waals surface area contributed by atoms with Gasteiger partial charge in [-0.2, -0.15) is 5.10 Å². The lowest BCUT2D eigenvalue weighted by molar-refractivity contribution is -0.184. The first-order valence-corrected chi connectivity index (χ1v) is 12.5. The van der Waals surface area contributed by atoms with Crippen LogP contribution in [0.5, 0.6) is 0 Å². The zero-order valence-electron chi connectivity index (χ0n) is 21.5. The molecule has 3 rings (SSSR count). The highest BCUT2D eigenvalue weighted by molar-refractivity contribution is 5.85. The van der Waals surface area contributed by atoms with Gasteiger partial charge in [-0.25, -0.2) is 14.3 Å². The molecular weight excluding hydrogens is 474 g/mol. The fraction of sp³-hybridized carbons (Fsp3) is 0.393. The van der Waals surface area contributed by atoms with E-state index in [1.165, 1.54) is 0 Å². The quantitative estimate of drug-likeness (QED) is 0.245. The van der Waals surface area contributed by atoms with E-state index in [0.717, 1.165) is 16.8 Å². The maximum Gasteiger partial charge on any atom is 0.338 e. The first kappa shape index (κ1) is 28.0. The predicted molar refractivity (Wildman–Crippen MR) is 138 cm³/mol. The summed E-state index contributed by atoms with van der Waals surface area (Å²) in [5, 5.41) is 7.61. The number of esters is 2. The second-order valence-corrected chi connectivity index (χ2v) is 8.23. The Morgan fingerprint density at radius 1 is 0.892 bits per heavy atom. The Bertz CT molecular complexity index is 1070. The van der Waals surface area contributed by atoms with Crippen molar-refractivity contribution in [2.45, 2.75) is 45.6 Å². The summed E-state index contributed by atoms with van der Waals surface area (Å²) in [5.41, 5.74) is 2.92. The molecule has 0 saturated carbocycles. The monoisotopic (exact) mass is 509 g/mol. The molecule has 198 valence electrons. The van der Waals surface area contributed by atoms with E-state index in [4.69, 9.17) is 18.9 Å². The van der Waals surface area contributed by atoms with Gasteiger partial charge in [0.25, 0.3) is 0 Å². The van der Waals surface area contributed by atoms with Crippen molar-refractivity contribution in [1.29, 1.82) is 0 Å². The molecule has 37 heavy (non-hydrogen) atoms. The number of carbonyl (C=O) groups excluding carboxylic acids is 2. The van der Waals surface area contributed by atoms with Crippen LogP contribution < -0.4 is 5.32 Å². The third-order valence-corrected chi connectivity index (χ3v) is 5.60. The Morgan fingerprint density at radius 3 is 2.14 bits per heavy atom. The molecule has 0 bridgehead atoms. The molecule has 0 aliphatic carbocycles. The lowest BCUT2D eigenvalue weighted by atomic mass is 10.1. The Kier molecular flexibility index (Phi) is 11.3. The first-order valence-electron chi connectivity index (χ1n) is 12.5. The van der Waals surface area contributed by atoms with E-state index in [1.54, 1.807) is 24.7 Å². The molecule has 0 fully saturated rings. The highest BCUT2D eigenvalue weighted by Gasteiger charge is 2.38. The van der Waals surface area contributed by atoms with Crippen molar-refractivity contribution in [3.8, 4) is 5.69 Å². The van der Waals surface area contributed by atoms with Gasteiger partial charge in [-0.1, -0.05) is 42.5 Å². The number of benzene rings is 2. The average Bonchev–Trinajstić information content (AvgIpc) is 3.46. The first-order chi connectivity index (χ1) is 18.0. The Balaban J connectivity index is 1.59. The van der Waals surface area contributed by atoms with Crippen LogP contribution in [0.25, 0.3) is 5.69 Å². The molecule has 3 aromatic rings. The van der Waals surface area contributed by atoms with Gasteiger partial charge >= 0.3 is 11.9 Å². The van der Waals surface area contributed by atoms with E-state index in [9.17, 15) is 9.59 Å². The van der Waals surface area contributed by atoms with Gasteiger partial charge in [0.1, 0.15) is 0 Å². The molecule has 2 aromatic carbocycles. The highest BCUT2D eigenvalue weighted by Crippen LogP contribution is 2.16. The van der Waals surface area contributed by atoms with E-state index in [0.29, 0.717) is 6.54 Å². The highest BCUT2D eigenvalue weighted by atomic mass is 16.6. The number of carbonyl (C=O) groups is 2. The Morgan fingerprint density at radius 2 is 1.54 bits per heavy atom. The average molecular weight is 510 g/mol. The van der Waals surface area contributed by atoms with Crippen molar-refractivity contribution in [3.05, 3.63) is 84.2 Å². The molecular formula is C28H35N3O6. The second-order valence-electron chi connectivity index (χ2n) is 8.23. The third kappa shape index (κ3) is 8.52. The number of nitrogens with zero attached hydrogens (tertiary/aromatic N) is 2. The van der Waals surface area contributed by atoms with Crippen LogP contribution in [0.3, 0.4) is 0 Å². The molecule has 0 radical (unpaired) electrons. The Hall–Kier alpha value is -3.53. The smallest absolute Gasteiger partial charge is 0.338 e. The summed E-state index contributed by atoms with van der Waals surface area (Å²) in [7, 11) is 0. The SMILES string of the molecule is CCOC(=O)[C@@H](OCCN[C@H](C)c1ccc(-n2cccn2)cc1)[C@@H](OCc1ccccc1)C(=O)OCC. The summed E-state index contributed by atoms with van der Waals surface area (Å²) in [6, 6.07) is 19.3. The minimum absolute atomic E-state index is 0.0338. The van der Waals surface area contributed by atoms with Gasteiger partial charge in [0.2, 0.25) is 0 Å². The number of rotatable bonds is 15. The molecule has 0 spiro atoms. The van der Waals surface area contributed by atoms with Crippen molar-refractivity contribution in [2.75, 3.05) is 26.4 Å². The molecule has 1 N–H and O–H groups in total. The van der Waals surface area contributed by atoms with Crippen LogP contribution in [-0.4, -0.2) is 60.3 Å². The zero-order valence-corrected chi connectivity index (χ0v) is 21.5. The predicted octanol–water partition coefficient (Wildman–Crippen LogP) is 3.62. The summed E-state index contributed by atoms with van der Waals surface area (Å²) in [4.78, 5) is 25.4. The molecule has 1 aromatic heterocycles. The molecule has 9 heteroatoms. The topological polar surface area (TPSA) is 101 Å². The fourth-order valence-corrected chi connectivity index (χ4v) is 3.68. The number of ether oxygens (including phenoxy) is 4. The van der Waals surface area contributed by atoms with Gasteiger partial charge in [-0.3, -0.25) is 0 Å². The molecule has 0 unspecified atom stereocenters. The standard InChI is InChI=1S/C28H35N3O6/c1-4-34-27(32)25(26(28(33)35-5-2)37-20-22-10-7-6-8-11-22)36-19-17-29-21(3)23-12-14-24(15-13-23)31-18-9-16-30-31/h6-16,18,21,25-26,29H,4-5,17,19-20H2,1-3H3/t21-,25+,26-/m1/s1. The van der Waals surface area contributed by atoms with Gasteiger partial charge in [0.15, 0.2) is 12.2 Å². The number of nitrogens with one attached hydrogen (secondary N) is 1. The Labute approximate surface area is 217 Å². The van der Waals surface area contributed by atoms with E-state index in [1.807, 2.05) is 73.8 Å². The van der Waals surface area contributed by atoms with Gasteiger partial charge in [0.05, 0.1) is 32.1 Å². The molecule has 3 atom stereocenters. The maximum absolute atomic E-state index is 12.7. The zero-order chi connectivity index (χ0) is 26.5. The van der Waals surface area contributed by atoms with Crippen molar-refractivity contribution in [2.24, 2.45) is 0 Å². The largest absolute Gasteiger partial charge is 0.464 e. The normalized spacial score (nSPS) is 13.5. The summed E-state index contributed by atoms with van der Waals surface area (Å²) < 4.78 is 23.8. The van der Waals surface area contributed by atoms with E-state index in [-0.39, 0.29) is 32.5 Å². The van der Waals surface area contributed by atoms with Crippen LogP contribution in [0.15, 0.2) is 73.1 Å². The molecule has 1 heterocycles. The number of hydrogen-bond acceptors (Lipinski definition) is 8. The molecule has 0 aliphatic heterocycles. The van der Waals surface area contributed by atoms with Crippen LogP contribution >= 0.6 is 0 Å². The minimum Gasteiger partial charge on any atom is -0.464 e. The third-order valence-electron chi connectivity index (χ3n) is 5.60. The number of aromatic nitrogens is 2. The van der Waals surface area contributed by atoms with E-state index in [2.05, 4.69) is 10.4 Å². The van der Waals surface area contributed by atoms with Crippen LogP contribution in [-0.2, 0) is 35.1 Å². The second kappa shape index (κ2) is 14.9. The van der Waals surface area contributed by atoms with Crippen molar-refractivity contribution < 1.29 is 28.5 Å². The van der Waals surface area contributed by atoms with Crippen LogP contribution in [0.2, 0.25) is 0 Å². The van der Waals surface area contributed by atoms with Gasteiger partial charge in [-0.15, -0.1) is 0 Å². The van der Waals surface area contributed by atoms with Gasteiger partial charge in [0, 0.05) is 25.0 Å². The summed E-state index contributed by atoms with van der Waals surface area (Å²) in [6.45, 7) is 6.44. The van der Waals surface area contributed by atoms with E-state index < -0.39 is 24.1 Å². The lowest BCUT2D eigenvalue weighted by Gasteiger charge is -2.25. The van der Waals surface area contributed by atoms with Crippen LogP contribution in [0.1, 0.15) is 37.9 Å². The summed E-state index contributed by atoms with van der Waals surface area (Å²) >= 11 is 0. The fourth-order valence-electron chi connectivity index (χ4n) is 3.68. The number of hydrogen-bond donors (Lipinski definition) is 1. The van der Waals surface area contributed by atoms with Crippen molar-refractivity contribution in [3.63, 3.8) is 0 Å². The van der Waals surface area contributed by atoms with Gasteiger partial charge in [-0.05, 0) is 50.1 Å². The molecule has 9 nitrogen and oxygen atoms in total. The molecule has 0 amide bonds. The van der Waals surface area contributed by atoms with Crippen LogP contribution in [0.4, 0.5) is 0 Å².